The molecule has 2 aromatic carbocycles. The molecule has 0 saturated carbocycles. The number of likely N-dealkylation sites (tertiary alicyclic amines) is 1. The maximum Gasteiger partial charge on any atom is 0.335 e. The molecule has 2 aliphatic heterocycles. The zero-order valence-electron chi connectivity index (χ0n) is 23.3. The zero-order valence-corrected chi connectivity index (χ0v) is 24.0. The fourth-order valence-electron chi connectivity index (χ4n) is 5.39. The Morgan fingerprint density at radius 2 is 1.93 bits per heavy atom. The van der Waals surface area contributed by atoms with Gasteiger partial charge in [0.15, 0.2) is 0 Å². The maximum atomic E-state index is 14.1. The molecule has 2 aliphatic rings. The predicted molar refractivity (Wildman–Crippen MR) is 155 cm³/mol. The Hall–Kier alpha value is -3.73. The van der Waals surface area contributed by atoms with Gasteiger partial charge in [-0.25, -0.2) is 19.2 Å². The fraction of sp³-hybridized carbons (Fsp3) is 0.387. The second-order valence-electron chi connectivity index (χ2n) is 10.8. The van der Waals surface area contributed by atoms with Crippen molar-refractivity contribution < 1.29 is 28.5 Å². The van der Waals surface area contributed by atoms with Crippen LogP contribution in [-0.4, -0.2) is 62.9 Å². The van der Waals surface area contributed by atoms with E-state index >= 15 is 0 Å². The van der Waals surface area contributed by atoms with Crippen LogP contribution in [0.2, 0.25) is 5.02 Å². The van der Waals surface area contributed by atoms with Crippen LogP contribution in [0.5, 0.6) is 11.6 Å². The highest BCUT2D eigenvalue weighted by atomic mass is 35.5. The Morgan fingerprint density at radius 3 is 2.64 bits per heavy atom. The van der Waals surface area contributed by atoms with Gasteiger partial charge in [-0.3, -0.25) is 4.90 Å². The van der Waals surface area contributed by atoms with Gasteiger partial charge in [-0.2, -0.15) is 0 Å². The van der Waals surface area contributed by atoms with E-state index in [9.17, 15) is 14.3 Å². The number of halogens is 2. The summed E-state index contributed by atoms with van der Waals surface area (Å²) < 4.78 is 33.3. The van der Waals surface area contributed by atoms with Crippen molar-refractivity contribution in [1.82, 2.24) is 19.4 Å². The van der Waals surface area contributed by atoms with Crippen LogP contribution in [0, 0.1) is 5.82 Å². The highest BCUT2D eigenvalue weighted by Crippen LogP contribution is 2.32. The van der Waals surface area contributed by atoms with Gasteiger partial charge in [-0.15, -0.1) is 0 Å². The Kier molecular flexibility index (Phi) is 8.28. The van der Waals surface area contributed by atoms with Crippen LogP contribution in [-0.2, 0) is 24.9 Å². The molecule has 4 aromatic rings. The van der Waals surface area contributed by atoms with E-state index in [1.54, 1.807) is 30.3 Å². The van der Waals surface area contributed by atoms with E-state index in [1.165, 1.54) is 6.07 Å². The first-order chi connectivity index (χ1) is 20.3. The molecule has 0 aliphatic carbocycles. The van der Waals surface area contributed by atoms with Gasteiger partial charge in [0.05, 0.1) is 23.7 Å². The number of carboxylic acid groups (broad SMARTS) is 1. The quantitative estimate of drug-likeness (QED) is 0.254. The lowest BCUT2D eigenvalue weighted by molar-refractivity contribution is -0.0718. The number of piperidine rings is 1. The number of carboxylic acids is 1. The third-order valence-corrected chi connectivity index (χ3v) is 8.25. The molecular weight excluding hydrogens is 563 g/mol. The molecule has 0 bridgehead atoms. The molecule has 0 unspecified atom stereocenters. The number of benzene rings is 2. The summed E-state index contributed by atoms with van der Waals surface area (Å²) in [5, 5.41) is 10.00. The minimum absolute atomic E-state index is 0.0336. The lowest BCUT2D eigenvalue weighted by Crippen LogP contribution is -2.33. The van der Waals surface area contributed by atoms with Gasteiger partial charge < -0.3 is 23.9 Å². The van der Waals surface area contributed by atoms with Gasteiger partial charge in [0.25, 0.3) is 0 Å². The van der Waals surface area contributed by atoms with E-state index in [4.69, 9.17) is 35.8 Å². The lowest BCUT2D eigenvalue weighted by atomic mass is 9.93. The van der Waals surface area contributed by atoms with Crippen molar-refractivity contribution in [3.05, 3.63) is 82.0 Å². The Bertz CT molecular complexity index is 1600. The largest absolute Gasteiger partial charge is 0.489 e. The number of aromatic nitrogens is 3. The van der Waals surface area contributed by atoms with Gasteiger partial charge in [-0.1, -0.05) is 23.7 Å². The number of hydrogen-bond acceptors (Lipinski definition) is 7. The van der Waals surface area contributed by atoms with Crippen LogP contribution in [0.1, 0.15) is 52.6 Å². The topological polar surface area (TPSA) is 98.9 Å². The summed E-state index contributed by atoms with van der Waals surface area (Å²) in [5.74, 6) is 0.648. The molecular formula is C31H32ClFN4O5. The summed E-state index contributed by atoms with van der Waals surface area (Å²) in [6.45, 7) is 3.53. The van der Waals surface area contributed by atoms with E-state index in [0.717, 1.165) is 56.0 Å². The molecule has 42 heavy (non-hydrogen) atoms. The molecule has 2 saturated heterocycles. The number of fused-ring (bicyclic) bond motifs is 1. The van der Waals surface area contributed by atoms with Crippen molar-refractivity contribution in [1.29, 1.82) is 0 Å². The zero-order chi connectivity index (χ0) is 29.2. The van der Waals surface area contributed by atoms with Crippen molar-refractivity contribution in [2.75, 3.05) is 26.3 Å². The number of ether oxygens (including phenoxy) is 3. The van der Waals surface area contributed by atoms with E-state index in [-0.39, 0.29) is 24.2 Å². The van der Waals surface area contributed by atoms with E-state index in [1.807, 2.05) is 23.7 Å². The number of rotatable bonds is 10. The fourth-order valence-corrected chi connectivity index (χ4v) is 5.55. The molecule has 4 heterocycles. The van der Waals surface area contributed by atoms with E-state index in [2.05, 4.69) is 4.90 Å². The van der Waals surface area contributed by atoms with Crippen LogP contribution >= 0.6 is 11.6 Å². The molecule has 0 spiro atoms. The second kappa shape index (κ2) is 12.2. The molecule has 9 nitrogen and oxygen atoms in total. The molecule has 0 amide bonds. The van der Waals surface area contributed by atoms with Crippen LogP contribution in [0.15, 0.2) is 48.5 Å². The molecule has 0 radical (unpaired) electrons. The average Bonchev–Trinajstić information content (AvgIpc) is 3.27. The average molecular weight is 595 g/mol. The summed E-state index contributed by atoms with van der Waals surface area (Å²) >= 11 is 5.84. The number of aryl methyl sites for hydroxylation is 1. The van der Waals surface area contributed by atoms with Crippen LogP contribution in [0.4, 0.5) is 4.39 Å². The summed E-state index contributed by atoms with van der Waals surface area (Å²) in [6.07, 6.45) is 2.81. The van der Waals surface area contributed by atoms with Gasteiger partial charge in [0.1, 0.15) is 36.1 Å². The van der Waals surface area contributed by atoms with Crippen LogP contribution in [0.25, 0.3) is 11.0 Å². The van der Waals surface area contributed by atoms with Crippen LogP contribution in [0.3, 0.4) is 0 Å². The Labute approximate surface area is 247 Å². The molecule has 220 valence electrons. The van der Waals surface area contributed by atoms with Crippen molar-refractivity contribution >= 4 is 28.6 Å². The molecule has 1 atom stereocenters. The standard InChI is InChI=1S/C31H32ClFN4O5/c1-36-26-13-21(31(38)39)14-27(41-18-23-9-12-40-23)30(26)35-28(36)16-37-10-7-19(8-11-37)25-3-2-4-29(34-25)42-17-20-5-6-22(32)15-24(20)33/h2-6,13-15,19,23H,7-12,16-18H2,1H3,(H,38,39)/t23-/m0/s1. The number of carbonyl (C=O) groups is 1. The highest BCUT2D eigenvalue weighted by molar-refractivity contribution is 6.30. The first kappa shape index (κ1) is 28.4. The highest BCUT2D eigenvalue weighted by Gasteiger charge is 2.25. The summed E-state index contributed by atoms with van der Waals surface area (Å²) in [5.41, 5.74) is 2.94. The van der Waals surface area contributed by atoms with Gasteiger partial charge in [0.2, 0.25) is 5.88 Å². The second-order valence-corrected chi connectivity index (χ2v) is 11.2. The van der Waals surface area contributed by atoms with Gasteiger partial charge in [-0.05, 0) is 56.3 Å². The molecule has 11 heteroatoms. The minimum atomic E-state index is -1.01. The first-order valence-corrected chi connectivity index (χ1v) is 14.4. The third-order valence-electron chi connectivity index (χ3n) is 8.02. The van der Waals surface area contributed by atoms with Crippen molar-refractivity contribution in [2.45, 2.75) is 44.4 Å². The minimum Gasteiger partial charge on any atom is -0.489 e. The SMILES string of the molecule is Cn1c(CN2CCC(c3cccc(OCc4ccc(Cl)cc4F)n3)CC2)nc2c(OC[C@@H]3CCO3)cc(C(=O)O)cc21. The number of nitrogens with zero attached hydrogens (tertiary/aromatic N) is 4. The number of aromatic carboxylic acids is 1. The van der Waals surface area contributed by atoms with Gasteiger partial charge in [0, 0.05) is 48.3 Å². The summed E-state index contributed by atoms with van der Waals surface area (Å²) in [6, 6.07) is 13.4. The van der Waals surface area contributed by atoms with Crippen molar-refractivity contribution in [3.8, 4) is 11.6 Å². The first-order valence-electron chi connectivity index (χ1n) is 14.1. The van der Waals surface area contributed by atoms with E-state index < -0.39 is 11.8 Å². The normalized spacial score (nSPS) is 17.7. The maximum absolute atomic E-state index is 14.1. The number of imidazole rings is 1. The smallest absolute Gasteiger partial charge is 0.335 e. The number of hydrogen-bond donors (Lipinski definition) is 1. The summed E-state index contributed by atoms with van der Waals surface area (Å²) in [7, 11) is 1.91. The monoisotopic (exact) mass is 594 g/mol. The van der Waals surface area contributed by atoms with Crippen molar-refractivity contribution in [2.24, 2.45) is 7.05 Å². The third kappa shape index (κ3) is 6.21. The van der Waals surface area contributed by atoms with Crippen LogP contribution < -0.4 is 9.47 Å². The Morgan fingerprint density at radius 1 is 1.12 bits per heavy atom. The molecule has 1 N–H and O–H groups in total. The molecule has 2 aromatic heterocycles. The van der Waals surface area contributed by atoms with E-state index in [0.29, 0.717) is 40.9 Å². The molecule has 2 fully saturated rings. The lowest BCUT2D eigenvalue weighted by Gasteiger charge is -2.31. The van der Waals surface area contributed by atoms with Crippen molar-refractivity contribution in [3.63, 3.8) is 0 Å². The Balaban J connectivity index is 1.10. The molecule has 6 rings (SSSR count). The summed E-state index contributed by atoms with van der Waals surface area (Å²) in [4.78, 5) is 23.7. The predicted octanol–water partition coefficient (Wildman–Crippen LogP) is 5.59. The number of pyridine rings is 1. The van der Waals surface area contributed by atoms with Gasteiger partial charge >= 0.3 is 5.97 Å².